The number of rotatable bonds is 9. The third kappa shape index (κ3) is 4.75. The Morgan fingerprint density at radius 3 is 2.68 bits per heavy atom. The number of ether oxygens (including phenoxy) is 1. The second kappa shape index (κ2) is 8.21. The third-order valence-corrected chi connectivity index (χ3v) is 4.44. The average molecular weight is 303 g/mol. The molecule has 1 atom stereocenters. The van der Waals surface area contributed by atoms with Gasteiger partial charge in [0.05, 0.1) is 0 Å². The van der Waals surface area contributed by atoms with Crippen LogP contribution in [0.2, 0.25) is 0 Å². The van der Waals surface area contributed by atoms with Gasteiger partial charge >= 0.3 is 0 Å². The number of hydrogen-bond acceptors (Lipinski definition) is 2. The van der Waals surface area contributed by atoms with Gasteiger partial charge in [0.15, 0.2) is 6.61 Å². The van der Waals surface area contributed by atoms with Crippen LogP contribution in [0.25, 0.3) is 0 Å². The summed E-state index contributed by atoms with van der Waals surface area (Å²) in [4.78, 5) is 14.4. The Labute approximate surface area is 134 Å². The van der Waals surface area contributed by atoms with E-state index in [4.69, 9.17) is 4.74 Å². The monoisotopic (exact) mass is 303 g/mol. The summed E-state index contributed by atoms with van der Waals surface area (Å²) < 4.78 is 5.86. The van der Waals surface area contributed by atoms with E-state index in [9.17, 15) is 4.79 Å². The predicted molar refractivity (Wildman–Crippen MR) is 90.2 cm³/mol. The van der Waals surface area contributed by atoms with E-state index in [2.05, 4.69) is 26.8 Å². The Kier molecular flexibility index (Phi) is 6.29. The molecule has 22 heavy (non-hydrogen) atoms. The Balaban J connectivity index is 1.94. The molecular formula is C19H29NO2. The Morgan fingerprint density at radius 2 is 2.05 bits per heavy atom. The second-order valence-corrected chi connectivity index (χ2v) is 6.42. The topological polar surface area (TPSA) is 29.5 Å². The lowest BCUT2D eigenvalue weighted by Gasteiger charge is -2.23. The molecule has 0 aliphatic heterocycles. The highest BCUT2D eigenvalue weighted by Crippen LogP contribution is 2.30. The van der Waals surface area contributed by atoms with Gasteiger partial charge < -0.3 is 9.64 Å². The molecule has 122 valence electrons. The van der Waals surface area contributed by atoms with Gasteiger partial charge in [-0.15, -0.1) is 0 Å². The van der Waals surface area contributed by atoms with Crippen molar-refractivity contribution in [3.8, 4) is 5.75 Å². The van der Waals surface area contributed by atoms with Crippen molar-refractivity contribution in [2.24, 2.45) is 5.92 Å². The van der Waals surface area contributed by atoms with Gasteiger partial charge in [0.1, 0.15) is 5.75 Å². The molecule has 3 nitrogen and oxygen atoms in total. The van der Waals surface area contributed by atoms with Crippen molar-refractivity contribution >= 4 is 5.91 Å². The van der Waals surface area contributed by atoms with Crippen molar-refractivity contribution in [3.05, 3.63) is 29.8 Å². The first-order valence-corrected chi connectivity index (χ1v) is 8.65. The summed E-state index contributed by atoms with van der Waals surface area (Å²) >= 11 is 0. The number of benzene rings is 1. The van der Waals surface area contributed by atoms with Crippen LogP contribution >= 0.6 is 0 Å². The van der Waals surface area contributed by atoms with E-state index in [1.165, 1.54) is 18.4 Å². The van der Waals surface area contributed by atoms with Gasteiger partial charge in [-0.05, 0) is 49.1 Å². The zero-order chi connectivity index (χ0) is 15.9. The summed E-state index contributed by atoms with van der Waals surface area (Å²) in [5.41, 5.74) is 1.20. The Hall–Kier alpha value is -1.51. The van der Waals surface area contributed by atoms with Crippen molar-refractivity contribution in [3.63, 3.8) is 0 Å². The van der Waals surface area contributed by atoms with E-state index in [0.717, 1.165) is 37.6 Å². The van der Waals surface area contributed by atoms with E-state index < -0.39 is 0 Å². The van der Waals surface area contributed by atoms with Crippen LogP contribution in [0.1, 0.15) is 57.9 Å². The summed E-state index contributed by atoms with van der Waals surface area (Å²) in [6.07, 6.45) is 4.61. The van der Waals surface area contributed by atoms with E-state index in [-0.39, 0.29) is 12.5 Å². The minimum absolute atomic E-state index is 0.118. The summed E-state index contributed by atoms with van der Waals surface area (Å²) in [5, 5.41) is 0. The summed E-state index contributed by atoms with van der Waals surface area (Å²) in [5.74, 6) is 2.15. The van der Waals surface area contributed by atoms with Crippen LogP contribution in [0.5, 0.6) is 5.75 Å². The molecule has 1 aromatic carbocycles. The first kappa shape index (κ1) is 16.9. The number of carbonyl (C=O) groups is 1. The van der Waals surface area contributed by atoms with Crippen LogP contribution in [-0.4, -0.2) is 30.5 Å². The molecule has 0 saturated heterocycles. The summed E-state index contributed by atoms with van der Waals surface area (Å²) in [7, 11) is 0. The number of nitrogens with zero attached hydrogens (tertiary/aromatic N) is 1. The SMILES string of the molecule is CCCN(CC1CC1)C(=O)COc1ccccc1C(C)CC. The molecule has 0 N–H and O–H groups in total. The number of amides is 1. The van der Waals surface area contributed by atoms with Crippen molar-refractivity contribution in [1.29, 1.82) is 0 Å². The first-order valence-electron chi connectivity index (χ1n) is 8.65. The molecule has 1 saturated carbocycles. The van der Waals surface area contributed by atoms with Crippen LogP contribution in [0.3, 0.4) is 0 Å². The largest absolute Gasteiger partial charge is 0.483 e. The van der Waals surface area contributed by atoms with Crippen LogP contribution in [0.15, 0.2) is 24.3 Å². The van der Waals surface area contributed by atoms with Crippen LogP contribution in [0, 0.1) is 5.92 Å². The predicted octanol–water partition coefficient (Wildman–Crippen LogP) is 4.23. The molecule has 0 spiro atoms. The molecule has 3 heteroatoms. The minimum Gasteiger partial charge on any atom is -0.483 e. The van der Waals surface area contributed by atoms with Crippen molar-refractivity contribution in [2.75, 3.05) is 19.7 Å². The highest BCUT2D eigenvalue weighted by atomic mass is 16.5. The summed E-state index contributed by atoms with van der Waals surface area (Å²) in [6.45, 7) is 8.38. The summed E-state index contributed by atoms with van der Waals surface area (Å²) in [6, 6.07) is 8.08. The zero-order valence-corrected chi connectivity index (χ0v) is 14.2. The zero-order valence-electron chi connectivity index (χ0n) is 14.2. The molecule has 0 aromatic heterocycles. The fraction of sp³-hybridized carbons (Fsp3) is 0.632. The lowest BCUT2D eigenvalue weighted by atomic mass is 9.98. The van der Waals surface area contributed by atoms with Crippen LogP contribution in [-0.2, 0) is 4.79 Å². The molecule has 0 radical (unpaired) electrons. The van der Waals surface area contributed by atoms with Crippen LogP contribution < -0.4 is 4.74 Å². The smallest absolute Gasteiger partial charge is 0.260 e. The standard InChI is InChI=1S/C19H29NO2/c1-4-12-20(13-16-10-11-16)19(21)14-22-18-9-7-6-8-17(18)15(3)5-2/h6-9,15-16H,4-5,10-14H2,1-3H3. The van der Waals surface area contributed by atoms with Gasteiger partial charge in [-0.2, -0.15) is 0 Å². The maximum atomic E-state index is 12.4. The fourth-order valence-electron chi connectivity index (χ4n) is 2.67. The highest BCUT2D eigenvalue weighted by molar-refractivity contribution is 5.77. The van der Waals surface area contributed by atoms with E-state index in [1.54, 1.807) is 0 Å². The van der Waals surface area contributed by atoms with Gasteiger partial charge in [0.25, 0.3) is 5.91 Å². The molecule has 1 aromatic rings. The molecule has 1 aliphatic rings. The number of para-hydroxylation sites is 1. The molecule has 1 unspecified atom stereocenters. The van der Waals surface area contributed by atoms with E-state index >= 15 is 0 Å². The van der Waals surface area contributed by atoms with E-state index in [0.29, 0.717) is 5.92 Å². The maximum absolute atomic E-state index is 12.4. The van der Waals surface area contributed by atoms with Gasteiger partial charge in [0.2, 0.25) is 0 Å². The molecule has 0 heterocycles. The highest BCUT2D eigenvalue weighted by Gasteiger charge is 2.26. The molecule has 0 bridgehead atoms. The number of hydrogen-bond donors (Lipinski definition) is 0. The van der Waals surface area contributed by atoms with Gasteiger partial charge in [-0.3, -0.25) is 4.79 Å². The lowest BCUT2D eigenvalue weighted by molar-refractivity contribution is -0.133. The number of carbonyl (C=O) groups excluding carboxylic acids is 1. The third-order valence-electron chi connectivity index (χ3n) is 4.44. The van der Waals surface area contributed by atoms with Gasteiger partial charge in [-0.25, -0.2) is 0 Å². The van der Waals surface area contributed by atoms with E-state index in [1.807, 2.05) is 23.1 Å². The molecule has 1 amide bonds. The first-order chi connectivity index (χ1) is 10.7. The van der Waals surface area contributed by atoms with Crippen molar-refractivity contribution in [2.45, 2.75) is 52.4 Å². The molecule has 1 aliphatic carbocycles. The second-order valence-electron chi connectivity index (χ2n) is 6.42. The molecule has 1 fully saturated rings. The molecule has 2 rings (SSSR count). The van der Waals surface area contributed by atoms with Crippen molar-refractivity contribution < 1.29 is 9.53 Å². The maximum Gasteiger partial charge on any atom is 0.260 e. The van der Waals surface area contributed by atoms with Crippen molar-refractivity contribution in [1.82, 2.24) is 4.90 Å². The lowest BCUT2D eigenvalue weighted by Crippen LogP contribution is -2.37. The molecular weight excluding hydrogens is 274 g/mol. The Morgan fingerprint density at radius 1 is 1.32 bits per heavy atom. The van der Waals surface area contributed by atoms with Crippen LogP contribution in [0.4, 0.5) is 0 Å². The quantitative estimate of drug-likeness (QED) is 0.683. The Bertz CT molecular complexity index is 482. The minimum atomic E-state index is 0.118. The van der Waals surface area contributed by atoms with Gasteiger partial charge in [0, 0.05) is 13.1 Å². The average Bonchev–Trinajstić information content (AvgIpc) is 3.35. The fourth-order valence-corrected chi connectivity index (χ4v) is 2.67. The normalized spacial score (nSPS) is 15.4. The van der Waals surface area contributed by atoms with Gasteiger partial charge in [-0.1, -0.05) is 39.0 Å².